The van der Waals surface area contributed by atoms with Gasteiger partial charge in [-0.25, -0.2) is 9.97 Å². The number of carbonyl (C=O) groups is 1. The van der Waals surface area contributed by atoms with E-state index in [2.05, 4.69) is 28.2 Å². The maximum absolute atomic E-state index is 11.8. The highest BCUT2D eigenvalue weighted by molar-refractivity contribution is 7.98. The van der Waals surface area contributed by atoms with Crippen molar-refractivity contribution in [3.8, 4) is 0 Å². The summed E-state index contributed by atoms with van der Waals surface area (Å²) in [7, 11) is 0. The summed E-state index contributed by atoms with van der Waals surface area (Å²) in [6, 6.07) is 9.88. The number of rotatable bonds is 7. The van der Waals surface area contributed by atoms with Gasteiger partial charge in [-0.2, -0.15) is 0 Å². The fourth-order valence-electron chi connectivity index (χ4n) is 2.98. The highest BCUT2D eigenvalue weighted by Crippen LogP contribution is 2.25. The molecule has 0 aliphatic carbocycles. The quantitative estimate of drug-likeness (QED) is 0.595. The normalized spacial score (nSPS) is 13.8. The molecule has 2 heterocycles. The number of hydrogen-bond donors (Lipinski definition) is 1. The van der Waals surface area contributed by atoms with E-state index in [0.717, 1.165) is 47.5 Å². The van der Waals surface area contributed by atoms with E-state index in [-0.39, 0.29) is 5.91 Å². The number of nitrogens with zero attached hydrogens (tertiary/aromatic N) is 3. The van der Waals surface area contributed by atoms with Crippen LogP contribution in [-0.4, -0.2) is 35.5 Å². The minimum Gasteiger partial charge on any atom is -0.356 e. The number of aryl methyl sites for hydroxylation is 1. The monoisotopic (exact) mass is 370 g/mol. The van der Waals surface area contributed by atoms with Crippen LogP contribution in [0.1, 0.15) is 48.3 Å². The molecule has 1 N–H and O–H groups in total. The molecule has 1 saturated heterocycles. The van der Waals surface area contributed by atoms with Gasteiger partial charge in [-0.15, -0.1) is 0 Å². The van der Waals surface area contributed by atoms with Crippen LogP contribution in [-0.2, 0) is 12.2 Å². The highest BCUT2D eigenvalue weighted by atomic mass is 32.2. The molecule has 0 unspecified atom stereocenters. The minimum atomic E-state index is -0.0269. The number of carbonyl (C=O) groups excluding carboxylic acids is 1. The summed E-state index contributed by atoms with van der Waals surface area (Å²) in [4.78, 5) is 23.6. The van der Waals surface area contributed by atoms with E-state index >= 15 is 0 Å². The minimum absolute atomic E-state index is 0.0269. The molecule has 1 aromatic heterocycles. The Morgan fingerprint density at radius 3 is 2.54 bits per heavy atom. The fourth-order valence-corrected chi connectivity index (χ4v) is 3.80. The molecule has 2 aromatic rings. The van der Waals surface area contributed by atoms with Gasteiger partial charge >= 0.3 is 0 Å². The molecule has 5 nitrogen and oxygen atoms in total. The summed E-state index contributed by atoms with van der Waals surface area (Å²) in [6.07, 6.45) is 3.40. The maximum atomic E-state index is 11.8. The van der Waals surface area contributed by atoms with E-state index in [1.165, 1.54) is 12.8 Å². The first-order valence-corrected chi connectivity index (χ1v) is 10.3. The summed E-state index contributed by atoms with van der Waals surface area (Å²) in [5, 5.41) is 3.65. The molecule has 0 spiro atoms. The second kappa shape index (κ2) is 9.03. The van der Waals surface area contributed by atoms with Crippen molar-refractivity contribution in [3.05, 3.63) is 47.2 Å². The molecular formula is C20H26N4OS. The van der Waals surface area contributed by atoms with Crippen LogP contribution < -0.4 is 10.2 Å². The summed E-state index contributed by atoms with van der Waals surface area (Å²) in [5.41, 5.74) is 2.95. The first-order valence-electron chi connectivity index (χ1n) is 9.32. The van der Waals surface area contributed by atoms with Gasteiger partial charge in [0.05, 0.1) is 0 Å². The van der Waals surface area contributed by atoms with Crippen molar-refractivity contribution in [2.24, 2.45) is 0 Å². The van der Waals surface area contributed by atoms with Crippen LogP contribution in [0.2, 0.25) is 0 Å². The van der Waals surface area contributed by atoms with Crippen LogP contribution in [0, 0.1) is 0 Å². The molecule has 1 aliphatic heterocycles. The zero-order valence-corrected chi connectivity index (χ0v) is 16.3. The van der Waals surface area contributed by atoms with Crippen LogP contribution in [0.25, 0.3) is 0 Å². The van der Waals surface area contributed by atoms with Gasteiger partial charge in [-0.05, 0) is 43.9 Å². The summed E-state index contributed by atoms with van der Waals surface area (Å²) < 4.78 is 0. The average molecular weight is 371 g/mol. The van der Waals surface area contributed by atoms with Crippen LogP contribution in [0.3, 0.4) is 0 Å². The molecule has 6 heteroatoms. The second-order valence-electron chi connectivity index (χ2n) is 6.39. The van der Waals surface area contributed by atoms with Crippen molar-refractivity contribution in [2.45, 2.75) is 44.0 Å². The first kappa shape index (κ1) is 18.7. The van der Waals surface area contributed by atoms with Crippen molar-refractivity contribution < 1.29 is 4.79 Å². The number of benzene rings is 1. The van der Waals surface area contributed by atoms with Gasteiger partial charge in [0.15, 0.2) is 5.16 Å². The predicted molar refractivity (Wildman–Crippen MR) is 107 cm³/mol. The van der Waals surface area contributed by atoms with Gasteiger partial charge in [-0.1, -0.05) is 30.8 Å². The zero-order valence-electron chi connectivity index (χ0n) is 15.5. The molecule has 0 saturated carbocycles. The molecule has 3 rings (SSSR count). The highest BCUT2D eigenvalue weighted by Gasteiger charge is 2.15. The van der Waals surface area contributed by atoms with Crippen molar-refractivity contribution in [2.75, 3.05) is 24.5 Å². The lowest BCUT2D eigenvalue weighted by molar-refractivity contribution is 0.0956. The Morgan fingerprint density at radius 2 is 1.88 bits per heavy atom. The topological polar surface area (TPSA) is 58.1 Å². The van der Waals surface area contributed by atoms with Gasteiger partial charge in [-0.3, -0.25) is 4.79 Å². The Bertz CT molecular complexity index is 742. The van der Waals surface area contributed by atoms with Crippen LogP contribution in [0.4, 0.5) is 5.82 Å². The van der Waals surface area contributed by atoms with Crippen molar-refractivity contribution in [1.82, 2.24) is 15.3 Å². The molecule has 1 aromatic carbocycles. The van der Waals surface area contributed by atoms with E-state index in [4.69, 9.17) is 4.98 Å². The van der Waals surface area contributed by atoms with Gasteiger partial charge < -0.3 is 10.2 Å². The molecule has 1 aliphatic rings. The number of nitrogens with one attached hydrogen (secondary N) is 1. The van der Waals surface area contributed by atoms with Gasteiger partial charge in [0.2, 0.25) is 0 Å². The fraction of sp³-hybridized carbons (Fsp3) is 0.450. The van der Waals surface area contributed by atoms with E-state index in [1.807, 2.05) is 31.2 Å². The Hall–Kier alpha value is -2.08. The summed E-state index contributed by atoms with van der Waals surface area (Å²) >= 11 is 1.65. The molecule has 0 bridgehead atoms. The van der Waals surface area contributed by atoms with Gasteiger partial charge in [0, 0.05) is 42.7 Å². The predicted octanol–water partition coefficient (Wildman–Crippen LogP) is 3.68. The van der Waals surface area contributed by atoms with Crippen molar-refractivity contribution >= 4 is 23.5 Å². The lowest BCUT2D eigenvalue weighted by Crippen LogP contribution is -2.22. The van der Waals surface area contributed by atoms with Crippen LogP contribution >= 0.6 is 11.8 Å². The molecule has 138 valence electrons. The Labute approximate surface area is 159 Å². The largest absolute Gasteiger partial charge is 0.356 e. The lowest BCUT2D eigenvalue weighted by Gasteiger charge is -2.17. The SMILES string of the molecule is CCNC(=O)c1ccc(CSc2nc(CC)cc(N3CCCC3)n2)cc1. The van der Waals surface area contributed by atoms with Gasteiger partial charge in [0.25, 0.3) is 5.91 Å². The molecular weight excluding hydrogens is 344 g/mol. The van der Waals surface area contributed by atoms with E-state index in [1.54, 1.807) is 11.8 Å². The van der Waals surface area contributed by atoms with E-state index in [9.17, 15) is 4.79 Å². The third kappa shape index (κ3) is 4.75. The Balaban J connectivity index is 1.67. The third-order valence-electron chi connectivity index (χ3n) is 4.46. The molecule has 1 fully saturated rings. The van der Waals surface area contributed by atoms with E-state index in [0.29, 0.717) is 12.1 Å². The summed E-state index contributed by atoms with van der Waals surface area (Å²) in [6.45, 7) is 6.87. The van der Waals surface area contributed by atoms with Crippen molar-refractivity contribution in [1.29, 1.82) is 0 Å². The zero-order chi connectivity index (χ0) is 18.4. The number of aromatic nitrogens is 2. The second-order valence-corrected chi connectivity index (χ2v) is 7.34. The van der Waals surface area contributed by atoms with Crippen molar-refractivity contribution in [3.63, 3.8) is 0 Å². The number of thioether (sulfide) groups is 1. The van der Waals surface area contributed by atoms with Crippen LogP contribution in [0.5, 0.6) is 0 Å². The Morgan fingerprint density at radius 1 is 1.15 bits per heavy atom. The number of anilines is 1. The standard InChI is InChI=1S/C20H26N4OS/c1-3-17-13-18(24-11-5-6-12-24)23-20(22-17)26-14-15-7-9-16(10-8-15)19(25)21-4-2/h7-10,13H,3-6,11-12,14H2,1-2H3,(H,21,25). The molecule has 1 amide bonds. The molecule has 0 atom stereocenters. The summed E-state index contributed by atoms with van der Waals surface area (Å²) in [5.74, 6) is 1.83. The average Bonchev–Trinajstić information content (AvgIpc) is 3.21. The number of hydrogen-bond acceptors (Lipinski definition) is 5. The smallest absolute Gasteiger partial charge is 0.251 e. The van der Waals surface area contributed by atoms with Crippen LogP contribution in [0.15, 0.2) is 35.5 Å². The first-order chi connectivity index (χ1) is 12.7. The number of amides is 1. The maximum Gasteiger partial charge on any atom is 0.251 e. The molecule has 26 heavy (non-hydrogen) atoms. The Kier molecular flexibility index (Phi) is 6.50. The van der Waals surface area contributed by atoms with Gasteiger partial charge in [0.1, 0.15) is 5.82 Å². The lowest BCUT2D eigenvalue weighted by atomic mass is 10.1. The van der Waals surface area contributed by atoms with E-state index < -0.39 is 0 Å². The third-order valence-corrected chi connectivity index (χ3v) is 5.38. The molecule has 0 radical (unpaired) electrons.